The summed E-state index contributed by atoms with van der Waals surface area (Å²) in [7, 11) is 0. The van der Waals surface area contributed by atoms with Crippen LogP contribution < -0.4 is 0 Å². The highest BCUT2D eigenvalue weighted by Gasteiger charge is 2.16. The molecule has 0 spiro atoms. The molecule has 0 aliphatic heterocycles. The molecule has 10 heavy (non-hydrogen) atoms. The monoisotopic (exact) mass is 141 g/mol. The van der Waals surface area contributed by atoms with Crippen LogP contribution in [0, 0.1) is 12.3 Å². The third kappa shape index (κ3) is 2.38. The van der Waals surface area contributed by atoms with Crippen molar-refractivity contribution in [1.29, 1.82) is 0 Å². The van der Waals surface area contributed by atoms with Crippen LogP contribution >= 0.6 is 0 Å². The summed E-state index contributed by atoms with van der Waals surface area (Å²) in [4.78, 5) is 10.2. The van der Waals surface area contributed by atoms with Gasteiger partial charge < -0.3 is 5.11 Å². The molecule has 1 rings (SSSR count). The Morgan fingerprint density at radius 1 is 1.30 bits per heavy atom. The minimum Gasteiger partial charge on any atom is -0.481 e. The van der Waals surface area contributed by atoms with Crippen LogP contribution in [-0.4, -0.2) is 11.1 Å². The van der Waals surface area contributed by atoms with Gasteiger partial charge in [0, 0.05) is 0 Å². The SMILES string of the molecule is O=C(O)[CH]C1CCCCC1. The number of hydrogen-bond donors (Lipinski definition) is 1. The Labute approximate surface area is 61.2 Å². The molecule has 57 valence electrons. The summed E-state index contributed by atoms with van der Waals surface area (Å²) >= 11 is 0. The van der Waals surface area contributed by atoms with Gasteiger partial charge in [-0.15, -0.1) is 0 Å². The van der Waals surface area contributed by atoms with Crippen molar-refractivity contribution in [2.75, 3.05) is 0 Å². The smallest absolute Gasteiger partial charge is 0.307 e. The molecule has 0 bridgehead atoms. The molecule has 0 saturated heterocycles. The average molecular weight is 141 g/mol. The highest BCUT2D eigenvalue weighted by molar-refractivity contribution is 5.76. The van der Waals surface area contributed by atoms with E-state index >= 15 is 0 Å². The normalized spacial score (nSPS) is 20.8. The van der Waals surface area contributed by atoms with Crippen LogP contribution in [0.15, 0.2) is 0 Å². The van der Waals surface area contributed by atoms with E-state index < -0.39 is 5.97 Å². The van der Waals surface area contributed by atoms with Gasteiger partial charge in [0.2, 0.25) is 0 Å². The van der Waals surface area contributed by atoms with Crippen molar-refractivity contribution in [3.63, 3.8) is 0 Å². The Kier molecular flexibility index (Phi) is 2.72. The zero-order valence-electron chi connectivity index (χ0n) is 6.05. The maximum atomic E-state index is 10.2. The molecule has 1 aliphatic carbocycles. The summed E-state index contributed by atoms with van der Waals surface area (Å²) in [6.45, 7) is 0. The Morgan fingerprint density at radius 2 is 1.90 bits per heavy atom. The first-order valence-corrected chi connectivity index (χ1v) is 3.87. The minimum atomic E-state index is -0.757. The predicted octanol–water partition coefficient (Wildman–Crippen LogP) is 1.86. The van der Waals surface area contributed by atoms with Crippen molar-refractivity contribution in [3.05, 3.63) is 6.42 Å². The molecule has 1 N–H and O–H groups in total. The van der Waals surface area contributed by atoms with E-state index in [9.17, 15) is 4.79 Å². The van der Waals surface area contributed by atoms with Gasteiger partial charge in [0.05, 0.1) is 6.42 Å². The fourth-order valence-electron chi connectivity index (χ4n) is 1.50. The molecule has 1 saturated carbocycles. The van der Waals surface area contributed by atoms with Crippen LogP contribution in [0.3, 0.4) is 0 Å². The van der Waals surface area contributed by atoms with Gasteiger partial charge in [-0.2, -0.15) is 0 Å². The van der Waals surface area contributed by atoms with E-state index in [4.69, 9.17) is 5.11 Å². The molecule has 1 aliphatic rings. The van der Waals surface area contributed by atoms with E-state index in [1.807, 2.05) is 0 Å². The fraction of sp³-hybridized carbons (Fsp3) is 0.750. The Hall–Kier alpha value is -0.530. The molecule has 0 amide bonds. The molecule has 0 atom stereocenters. The van der Waals surface area contributed by atoms with Gasteiger partial charge in [0.15, 0.2) is 0 Å². The van der Waals surface area contributed by atoms with Crippen LogP contribution in [0.4, 0.5) is 0 Å². The zero-order chi connectivity index (χ0) is 7.40. The molecule has 2 nitrogen and oxygen atoms in total. The molecule has 0 aromatic heterocycles. The molecular weight excluding hydrogens is 128 g/mol. The van der Waals surface area contributed by atoms with Crippen molar-refractivity contribution < 1.29 is 9.90 Å². The van der Waals surface area contributed by atoms with Crippen molar-refractivity contribution in [2.45, 2.75) is 32.1 Å². The maximum absolute atomic E-state index is 10.2. The lowest BCUT2D eigenvalue weighted by atomic mass is 9.87. The second-order valence-corrected chi connectivity index (χ2v) is 2.90. The summed E-state index contributed by atoms with van der Waals surface area (Å²) in [5.74, 6) is -0.404. The van der Waals surface area contributed by atoms with Gasteiger partial charge in [0.1, 0.15) is 0 Å². The molecule has 1 radical (unpaired) electrons. The molecule has 2 heteroatoms. The lowest BCUT2D eigenvalue weighted by Gasteiger charge is -2.18. The largest absolute Gasteiger partial charge is 0.481 e. The third-order valence-corrected chi connectivity index (χ3v) is 2.03. The minimum absolute atomic E-state index is 0.353. The van der Waals surface area contributed by atoms with Gasteiger partial charge in [-0.05, 0) is 18.8 Å². The van der Waals surface area contributed by atoms with Crippen LogP contribution in [0.1, 0.15) is 32.1 Å². The Balaban J connectivity index is 2.19. The second-order valence-electron chi connectivity index (χ2n) is 2.90. The van der Waals surface area contributed by atoms with Gasteiger partial charge in [-0.25, -0.2) is 0 Å². The Morgan fingerprint density at radius 3 is 2.40 bits per heavy atom. The lowest BCUT2D eigenvalue weighted by molar-refractivity contribution is -0.133. The molecular formula is C8H13O2. The van der Waals surface area contributed by atoms with Gasteiger partial charge in [0.25, 0.3) is 0 Å². The average Bonchev–Trinajstić information content (AvgIpc) is 1.88. The van der Waals surface area contributed by atoms with Gasteiger partial charge in [-0.3, -0.25) is 4.79 Å². The number of carbonyl (C=O) groups is 1. The standard InChI is InChI=1S/C8H13O2/c9-8(10)6-7-4-2-1-3-5-7/h6-7H,1-5H2,(H,9,10). The van der Waals surface area contributed by atoms with Crippen LogP contribution in [-0.2, 0) is 4.79 Å². The molecule has 0 unspecified atom stereocenters. The summed E-state index contributed by atoms with van der Waals surface area (Å²) < 4.78 is 0. The Bertz CT molecular complexity index is 114. The summed E-state index contributed by atoms with van der Waals surface area (Å²) in [5, 5.41) is 8.41. The first-order chi connectivity index (χ1) is 4.79. The van der Waals surface area contributed by atoms with Crippen molar-refractivity contribution in [2.24, 2.45) is 5.92 Å². The molecule has 1 fully saturated rings. The molecule has 0 aromatic rings. The highest BCUT2D eigenvalue weighted by atomic mass is 16.4. The topological polar surface area (TPSA) is 37.3 Å². The number of aliphatic carboxylic acids is 1. The number of hydrogen-bond acceptors (Lipinski definition) is 1. The zero-order valence-corrected chi connectivity index (χ0v) is 6.05. The van der Waals surface area contributed by atoms with E-state index in [1.54, 1.807) is 0 Å². The number of carboxylic acids is 1. The van der Waals surface area contributed by atoms with Crippen LogP contribution in [0.2, 0.25) is 0 Å². The van der Waals surface area contributed by atoms with Crippen LogP contribution in [0.5, 0.6) is 0 Å². The van der Waals surface area contributed by atoms with Gasteiger partial charge in [-0.1, -0.05) is 19.3 Å². The summed E-state index contributed by atoms with van der Waals surface area (Å²) in [5.41, 5.74) is 0. The van der Waals surface area contributed by atoms with Crippen molar-refractivity contribution in [3.8, 4) is 0 Å². The lowest BCUT2D eigenvalue weighted by Crippen LogP contribution is -2.11. The second kappa shape index (κ2) is 3.59. The highest BCUT2D eigenvalue weighted by Crippen LogP contribution is 2.25. The number of carboxylic acid groups (broad SMARTS) is 1. The fourth-order valence-corrected chi connectivity index (χ4v) is 1.50. The van der Waals surface area contributed by atoms with Gasteiger partial charge >= 0.3 is 5.97 Å². The molecule has 0 heterocycles. The first kappa shape index (κ1) is 7.58. The first-order valence-electron chi connectivity index (χ1n) is 3.87. The number of rotatable bonds is 2. The van der Waals surface area contributed by atoms with Crippen molar-refractivity contribution in [1.82, 2.24) is 0 Å². The third-order valence-electron chi connectivity index (χ3n) is 2.03. The van der Waals surface area contributed by atoms with E-state index in [2.05, 4.69) is 0 Å². The van der Waals surface area contributed by atoms with E-state index in [0.717, 1.165) is 12.8 Å². The van der Waals surface area contributed by atoms with E-state index in [1.165, 1.54) is 25.7 Å². The van der Waals surface area contributed by atoms with Crippen molar-refractivity contribution >= 4 is 5.97 Å². The summed E-state index contributed by atoms with van der Waals surface area (Å²) in [6, 6.07) is 0. The van der Waals surface area contributed by atoms with Crippen LogP contribution in [0.25, 0.3) is 0 Å². The summed E-state index contributed by atoms with van der Waals surface area (Å²) in [6.07, 6.45) is 7.28. The predicted molar refractivity (Wildman–Crippen MR) is 38.5 cm³/mol. The maximum Gasteiger partial charge on any atom is 0.307 e. The van der Waals surface area contributed by atoms with E-state index in [0.29, 0.717) is 5.92 Å². The molecule has 0 aromatic carbocycles. The quantitative estimate of drug-likeness (QED) is 0.637. The van der Waals surface area contributed by atoms with E-state index in [-0.39, 0.29) is 0 Å².